The van der Waals surface area contributed by atoms with E-state index < -0.39 is 20.3 Å². The molecule has 1 heterocycles. The summed E-state index contributed by atoms with van der Waals surface area (Å²) in [6.45, 7) is 6.92. The van der Waals surface area contributed by atoms with Crippen molar-refractivity contribution >= 4 is 10.0 Å². The summed E-state index contributed by atoms with van der Waals surface area (Å²) in [6, 6.07) is 10.9. The Labute approximate surface area is 148 Å². The van der Waals surface area contributed by atoms with Crippen LogP contribution in [-0.2, 0) is 16.6 Å². The van der Waals surface area contributed by atoms with Gasteiger partial charge in [0.25, 0.3) is 0 Å². The molecule has 0 unspecified atom stereocenters. The molecule has 0 amide bonds. The fraction of sp³-hybridized carbons (Fsp3) is 0.267. The van der Waals surface area contributed by atoms with E-state index in [1.54, 1.807) is 24.3 Å². The largest absolute Gasteiger partial charge is 0.238 e. The Morgan fingerprint density at radius 3 is 1.72 bits per heavy atom. The number of benzene rings is 1. The molecule has 1 aromatic heterocycles. The number of primary sulfonamides is 1. The summed E-state index contributed by atoms with van der Waals surface area (Å²) in [5.41, 5.74) is 4.63. The van der Waals surface area contributed by atoms with Crippen LogP contribution in [0.2, 0.25) is 0 Å². The van der Waals surface area contributed by atoms with Gasteiger partial charge >= 0.3 is 0 Å². The number of hydrogen-bond donors (Lipinski definition) is 1. The highest BCUT2D eigenvalue weighted by Gasteiger charge is 2.13. The van der Waals surface area contributed by atoms with Crippen molar-refractivity contribution in [1.29, 1.82) is 0 Å². The summed E-state index contributed by atoms with van der Waals surface area (Å²) in [7, 11) is -8.57. The summed E-state index contributed by atoms with van der Waals surface area (Å²) in [4.78, 5) is 0.142. The summed E-state index contributed by atoms with van der Waals surface area (Å²) >= 11 is 0. The monoisotopic (exact) mass is 390 g/mol. The molecule has 25 heavy (non-hydrogen) atoms. The van der Waals surface area contributed by atoms with E-state index in [0.717, 1.165) is 5.56 Å². The number of pyridine rings is 1. The van der Waals surface area contributed by atoms with Crippen LogP contribution >= 0.6 is 0 Å². The molecule has 0 aliphatic heterocycles. The van der Waals surface area contributed by atoms with Gasteiger partial charge in [-0.15, -0.1) is 10.2 Å². The van der Waals surface area contributed by atoms with E-state index in [1.165, 1.54) is 17.0 Å². The van der Waals surface area contributed by atoms with Crippen molar-refractivity contribution in [2.45, 2.75) is 32.2 Å². The molecule has 0 aliphatic carbocycles. The van der Waals surface area contributed by atoms with E-state index in [1.807, 2.05) is 0 Å². The number of aryl methyl sites for hydroxylation is 3. The Hall–Kier alpha value is -1.59. The standard InChI is InChI=1S/C15H19N2O2S.ClHO4/c1-11-8-12(2)17(13(3)9-11)10-14-4-6-15(7-5-14)20(16,18)19;2-1(3,4)5/h4-9H,10H2,1-3H3,(H2,16,18,19);(H,2,3,4,5)/q+1;/p-1. The van der Waals surface area contributed by atoms with Crippen molar-refractivity contribution in [2.24, 2.45) is 5.14 Å². The zero-order valence-electron chi connectivity index (χ0n) is 13.9. The highest BCUT2D eigenvalue weighted by molar-refractivity contribution is 7.89. The molecule has 0 fully saturated rings. The van der Waals surface area contributed by atoms with Crippen molar-refractivity contribution in [3.8, 4) is 0 Å². The third-order valence-electron chi connectivity index (χ3n) is 3.32. The van der Waals surface area contributed by atoms with Gasteiger partial charge in [0.15, 0.2) is 17.9 Å². The lowest BCUT2D eigenvalue weighted by Gasteiger charge is -2.17. The second-order valence-electron chi connectivity index (χ2n) is 5.47. The summed E-state index contributed by atoms with van der Waals surface area (Å²) < 4.78 is 58.6. The summed E-state index contributed by atoms with van der Waals surface area (Å²) in [6.07, 6.45) is 0. The van der Waals surface area contributed by atoms with Gasteiger partial charge < -0.3 is 0 Å². The van der Waals surface area contributed by atoms with Gasteiger partial charge in [-0.05, 0) is 24.6 Å². The molecule has 0 spiro atoms. The predicted molar refractivity (Wildman–Crippen MR) is 77.8 cm³/mol. The van der Waals surface area contributed by atoms with Crippen molar-refractivity contribution in [3.63, 3.8) is 0 Å². The SMILES string of the molecule is Cc1cc(C)[n+](Cc2ccc(S(N)(=O)=O)cc2)c(C)c1.[O-][Cl+3]([O-])([O-])[O-]. The average molecular weight is 391 g/mol. The number of aromatic nitrogens is 1. The van der Waals surface area contributed by atoms with Gasteiger partial charge in [-0.25, -0.2) is 32.2 Å². The van der Waals surface area contributed by atoms with Crippen molar-refractivity contribution < 1.29 is 41.9 Å². The van der Waals surface area contributed by atoms with Crippen LogP contribution in [0.15, 0.2) is 41.3 Å². The fourth-order valence-corrected chi connectivity index (χ4v) is 2.87. The van der Waals surface area contributed by atoms with Crippen LogP contribution in [0.1, 0.15) is 22.5 Å². The lowest BCUT2D eigenvalue weighted by atomic mass is 10.1. The quantitative estimate of drug-likeness (QED) is 0.545. The molecule has 138 valence electrons. The minimum absolute atomic E-state index is 0.142. The molecule has 0 saturated heterocycles. The van der Waals surface area contributed by atoms with E-state index in [9.17, 15) is 8.42 Å². The zero-order valence-corrected chi connectivity index (χ0v) is 15.5. The molecule has 0 radical (unpaired) electrons. The smallest absolute Gasteiger partial charge is 0.225 e. The maximum absolute atomic E-state index is 11.2. The van der Waals surface area contributed by atoms with E-state index in [-0.39, 0.29) is 4.90 Å². The maximum Gasteiger partial charge on any atom is 0.238 e. The third kappa shape index (κ3) is 7.88. The first-order chi connectivity index (χ1) is 11.3. The maximum atomic E-state index is 11.2. The van der Waals surface area contributed by atoms with Crippen LogP contribution in [0.4, 0.5) is 0 Å². The van der Waals surface area contributed by atoms with Crippen LogP contribution in [-0.4, -0.2) is 8.42 Å². The third-order valence-corrected chi connectivity index (χ3v) is 4.25. The Morgan fingerprint density at radius 1 is 0.960 bits per heavy atom. The first-order valence-corrected chi connectivity index (χ1v) is 9.76. The van der Waals surface area contributed by atoms with Crippen LogP contribution in [0.5, 0.6) is 0 Å². The molecular weight excluding hydrogens is 372 g/mol. The molecule has 0 atom stereocenters. The van der Waals surface area contributed by atoms with Gasteiger partial charge in [0.05, 0.1) is 4.90 Å². The average Bonchev–Trinajstić information content (AvgIpc) is 2.40. The highest BCUT2D eigenvalue weighted by atomic mass is 35.7. The van der Waals surface area contributed by atoms with Crippen LogP contribution in [0, 0.1) is 31.0 Å². The number of halogens is 1. The Balaban J connectivity index is 0.000000550. The Morgan fingerprint density at radius 2 is 1.36 bits per heavy atom. The number of sulfonamides is 1. The van der Waals surface area contributed by atoms with Crippen LogP contribution < -0.4 is 28.3 Å². The first-order valence-electron chi connectivity index (χ1n) is 6.98. The van der Waals surface area contributed by atoms with E-state index in [4.69, 9.17) is 23.8 Å². The zero-order chi connectivity index (χ0) is 19.4. The molecule has 1 aromatic carbocycles. The molecule has 8 nitrogen and oxygen atoms in total. The summed E-state index contributed by atoms with van der Waals surface area (Å²) in [5.74, 6) is 0. The molecule has 0 bridgehead atoms. The van der Waals surface area contributed by atoms with Gasteiger partial charge in [-0.2, -0.15) is 4.57 Å². The lowest BCUT2D eigenvalue weighted by Crippen LogP contribution is -2.68. The second-order valence-corrected chi connectivity index (χ2v) is 7.79. The predicted octanol–water partition coefficient (Wildman–Crippen LogP) is -3.16. The highest BCUT2D eigenvalue weighted by Crippen LogP contribution is 2.10. The molecular formula is C15H19ClN2O6S. The topological polar surface area (TPSA) is 156 Å². The molecule has 10 heteroatoms. The van der Waals surface area contributed by atoms with Crippen molar-refractivity contribution in [2.75, 3.05) is 0 Å². The summed E-state index contributed by atoms with van der Waals surface area (Å²) in [5, 5.41) is 5.09. The number of rotatable bonds is 3. The normalized spacial score (nSPS) is 11.7. The Bertz CT molecular complexity index is 803. The number of hydrogen-bond acceptors (Lipinski definition) is 6. The Kier molecular flexibility index (Phi) is 7.03. The van der Waals surface area contributed by atoms with Gasteiger partial charge in [-0.1, -0.05) is 12.1 Å². The van der Waals surface area contributed by atoms with Crippen molar-refractivity contribution in [1.82, 2.24) is 0 Å². The van der Waals surface area contributed by atoms with E-state index in [0.29, 0.717) is 6.54 Å². The minimum Gasteiger partial charge on any atom is -0.225 e. The van der Waals surface area contributed by atoms with Crippen LogP contribution in [0.25, 0.3) is 0 Å². The number of nitrogens with zero attached hydrogens (tertiary/aromatic N) is 1. The van der Waals surface area contributed by atoms with Gasteiger partial charge in [0.2, 0.25) is 10.0 Å². The van der Waals surface area contributed by atoms with Crippen LogP contribution in [0.3, 0.4) is 0 Å². The first kappa shape index (κ1) is 21.5. The number of nitrogens with two attached hydrogens (primary N) is 1. The minimum atomic E-state index is -4.94. The van der Waals surface area contributed by atoms with Gasteiger partial charge in [-0.3, -0.25) is 0 Å². The van der Waals surface area contributed by atoms with Crippen molar-refractivity contribution in [3.05, 3.63) is 58.9 Å². The molecule has 2 aromatic rings. The lowest BCUT2D eigenvalue weighted by molar-refractivity contribution is -2.00. The molecule has 0 aliphatic rings. The fourth-order valence-electron chi connectivity index (χ4n) is 2.35. The molecule has 2 N–H and O–H groups in total. The van der Waals surface area contributed by atoms with E-state index >= 15 is 0 Å². The molecule has 0 saturated carbocycles. The second kappa shape index (κ2) is 8.19. The van der Waals surface area contributed by atoms with E-state index in [2.05, 4.69) is 37.5 Å². The molecule has 2 rings (SSSR count). The van der Waals surface area contributed by atoms with Gasteiger partial charge in [0, 0.05) is 31.5 Å². The van der Waals surface area contributed by atoms with Gasteiger partial charge in [0.1, 0.15) is 0 Å².